The van der Waals surface area contributed by atoms with Crippen LogP contribution in [0.5, 0.6) is 0 Å². The molecule has 0 spiro atoms. The summed E-state index contributed by atoms with van der Waals surface area (Å²) < 4.78 is 7.66. The highest BCUT2D eigenvalue weighted by Gasteiger charge is 2.27. The Bertz CT molecular complexity index is 1020. The Morgan fingerprint density at radius 3 is 2.82 bits per heavy atom. The second-order valence-corrected chi connectivity index (χ2v) is 7.65. The van der Waals surface area contributed by atoms with Crippen molar-refractivity contribution in [3.63, 3.8) is 0 Å². The summed E-state index contributed by atoms with van der Waals surface area (Å²) in [6.45, 7) is 2.49. The van der Waals surface area contributed by atoms with Gasteiger partial charge in [-0.3, -0.25) is 4.79 Å². The van der Waals surface area contributed by atoms with E-state index >= 15 is 0 Å². The number of amides is 1. The number of ether oxygens (including phenoxy) is 1. The standard InChI is InChI=1S/C21H19Cl2N3O2/c1-13-10-24-21(27)20(28-13)9-16-11-26(12-25-16)17-4-2-3-14(7-17)15-5-6-18(22)19(23)8-15/h2-8,11-13,20H,9-10H2,1H3,(H,24,27). The van der Waals surface area contributed by atoms with Crippen LogP contribution in [0.1, 0.15) is 12.6 Å². The van der Waals surface area contributed by atoms with Gasteiger partial charge in [0.2, 0.25) is 5.91 Å². The highest BCUT2D eigenvalue weighted by atomic mass is 35.5. The summed E-state index contributed by atoms with van der Waals surface area (Å²) in [5.41, 5.74) is 3.77. The van der Waals surface area contributed by atoms with Crippen LogP contribution in [-0.2, 0) is 16.0 Å². The molecule has 1 N–H and O–H groups in total. The van der Waals surface area contributed by atoms with E-state index in [2.05, 4.69) is 16.4 Å². The molecule has 2 aromatic carbocycles. The Hall–Kier alpha value is -2.34. The van der Waals surface area contributed by atoms with Gasteiger partial charge in [0.05, 0.1) is 28.2 Å². The van der Waals surface area contributed by atoms with E-state index in [4.69, 9.17) is 27.9 Å². The molecular formula is C21H19Cl2N3O2. The molecule has 28 heavy (non-hydrogen) atoms. The molecule has 1 aromatic heterocycles. The average molecular weight is 416 g/mol. The number of morpholine rings is 1. The normalized spacial score (nSPS) is 19.5. The molecule has 2 unspecified atom stereocenters. The fraction of sp³-hybridized carbons (Fsp3) is 0.238. The molecule has 1 fully saturated rings. The molecule has 7 heteroatoms. The summed E-state index contributed by atoms with van der Waals surface area (Å²) in [7, 11) is 0. The van der Waals surface area contributed by atoms with Gasteiger partial charge < -0.3 is 14.6 Å². The van der Waals surface area contributed by atoms with E-state index in [1.54, 1.807) is 12.4 Å². The largest absolute Gasteiger partial charge is 0.363 e. The number of hydrogen-bond acceptors (Lipinski definition) is 3. The van der Waals surface area contributed by atoms with E-state index in [0.717, 1.165) is 22.5 Å². The quantitative estimate of drug-likeness (QED) is 0.691. The monoisotopic (exact) mass is 415 g/mol. The molecule has 1 saturated heterocycles. The van der Waals surface area contributed by atoms with E-state index in [-0.39, 0.29) is 12.0 Å². The third kappa shape index (κ3) is 4.07. The highest BCUT2D eigenvalue weighted by molar-refractivity contribution is 6.42. The lowest BCUT2D eigenvalue weighted by molar-refractivity contribution is -0.143. The number of halogens is 2. The van der Waals surface area contributed by atoms with Gasteiger partial charge in [-0.2, -0.15) is 0 Å². The van der Waals surface area contributed by atoms with Crippen LogP contribution in [-0.4, -0.2) is 34.2 Å². The molecule has 1 aliphatic rings. The molecule has 0 saturated carbocycles. The van der Waals surface area contributed by atoms with Crippen molar-refractivity contribution in [2.75, 3.05) is 6.54 Å². The molecule has 3 aromatic rings. The Morgan fingerprint density at radius 2 is 2.00 bits per heavy atom. The summed E-state index contributed by atoms with van der Waals surface area (Å²) >= 11 is 12.2. The van der Waals surface area contributed by atoms with Crippen molar-refractivity contribution in [2.24, 2.45) is 0 Å². The molecule has 5 nitrogen and oxygen atoms in total. The number of nitrogens with one attached hydrogen (secondary N) is 1. The second-order valence-electron chi connectivity index (χ2n) is 6.84. The van der Waals surface area contributed by atoms with Gasteiger partial charge in [0.1, 0.15) is 6.10 Å². The molecule has 4 rings (SSSR count). The van der Waals surface area contributed by atoms with E-state index in [1.807, 2.05) is 48.0 Å². The van der Waals surface area contributed by atoms with Gasteiger partial charge in [0.15, 0.2) is 0 Å². The van der Waals surface area contributed by atoms with Crippen LogP contribution in [0.3, 0.4) is 0 Å². The van der Waals surface area contributed by atoms with E-state index in [0.29, 0.717) is 23.0 Å². The highest BCUT2D eigenvalue weighted by Crippen LogP contribution is 2.29. The minimum absolute atomic E-state index is 0.00710. The molecule has 0 bridgehead atoms. The minimum Gasteiger partial charge on any atom is -0.363 e. The number of hydrogen-bond donors (Lipinski definition) is 1. The van der Waals surface area contributed by atoms with Crippen molar-refractivity contribution in [3.05, 3.63) is 70.7 Å². The zero-order chi connectivity index (χ0) is 19.7. The second kappa shape index (κ2) is 7.95. The summed E-state index contributed by atoms with van der Waals surface area (Å²) in [5, 5.41) is 3.91. The van der Waals surface area contributed by atoms with Crippen molar-refractivity contribution in [3.8, 4) is 16.8 Å². The number of rotatable bonds is 4. The molecule has 2 atom stereocenters. The SMILES string of the molecule is CC1CNC(=O)C(Cc2cn(-c3cccc(-c4ccc(Cl)c(Cl)c4)c3)cn2)O1. The lowest BCUT2D eigenvalue weighted by Crippen LogP contribution is -2.49. The van der Waals surface area contributed by atoms with E-state index < -0.39 is 6.10 Å². The van der Waals surface area contributed by atoms with Crippen LogP contribution < -0.4 is 5.32 Å². The topological polar surface area (TPSA) is 56.2 Å². The molecule has 0 radical (unpaired) electrons. The zero-order valence-electron chi connectivity index (χ0n) is 15.2. The maximum atomic E-state index is 12.0. The maximum absolute atomic E-state index is 12.0. The number of carbonyl (C=O) groups is 1. The lowest BCUT2D eigenvalue weighted by Gasteiger charge is -2.27. The van der Waals surface area contributed by atoms with Crippen LogP contribution in [0.4, 0.5) is 0 Å². The van der Waals surface area contributed by atoms with Gasteiger partial charge in [-0.05, 0) is 42.3 Å². The molecular weight excluding hydrogens is 397 g/mol. The van der Waals surface area contributed by atoms with Gasteiger partial charge in [-0.1, -0.05) is 41.4 Å². The first-order valence-electron chi connectivity index (χ1n) is 9.01. The summed E-state index contributed by atoms with van der Waals surface area (Å²) in [4.78, 5) is 16.4. The minimum atomic E-state index is -0.505. The zero-order valence-corrected chi connectivity index (χ0v) is 16.7. The lowest BCUT2D eigenvalue weighted by atomic mass is 10.1. The summed E-state index contributed by atoms with van der Waals surface area (Å²) in [6.07, 6.45) is 3.61. The molecule has 144 valence electrons. The van der Waals surface area contributed by atoms with Crippen LogP contribution >= 0.6 is 23.2 Å². The first-order chi connectivity index (χ1) is 13.5. The number of benzene rings is 2. The van der Waals surface area contributed by atoms with Crippen LogP contribution in [0.2, 0.25) is 10.0 Å². The predicted octanol–water partition coefficient (Wildman–Crippen LogP) is 4.29. The van der Waals surface area contributed by atoms with Crippen LogP contribution in [0.25, 0.3) is 16.8 Å². The molecule has 0 aliphatic carbocycles. The van der Waals surface area contributed by atoms with Crippen LogP contribution in [0, 0.1) is 0 Å². The van der Waals surface area contributed by atoms with Gasteiger partial charge in [-0.15, -0.1) is 0 Å². The van der Waals surface area contributed by atoms with E-state index in [9.17, 15) is 4.79 Å². The van der Waals surface area contributed by atoms with Crippen molar-refractivity contribution in [1.82, 2.24) is 14.9 Å². The van der Waals surface area contributed by atoms with Gasteiger partial charge >= 0.3 is 0 Å². The third-order valence-corrected chi connectivity index (χ3v) is 5.42. The molecule has 1 amide bonds. The average Bonchev–Trinajstić information content (AvgIpc) is 3.16. The van der Waals surface area contributed by atoms with Crippen molar-refractivity contribution >= 4 is 29.1 Å². The Balaban J connectivity index is 1.55. The summed E-state index contributed by atoms with van der Waals surface area (Å²) in [5.74, 6) is -0.0886. The van der Waals surface area contributed by atoms with Crippen molar-refractivity contribution in [2.45, 2.75) is 25.6 Å². The van der Waals surface area contributed by atoms with Gasteiger partial charge in [0, 0.05) is 24.8 Å². The predicted molar refractivity (Wildman–Crippen MR) is 110 cm³/mol. The molecule has 2 heterocycles. The van der Waals surface area contributed by atoms with E-state index in [1.165, 1.54) is 0 Å². The number of carbonyl (C=O) groups excluding carboxylic acids is 1. The van der Waals surface area contributed by atoms with Gasteiger partial charge in [-0.25, -0.2) is 4.98 Å². The fourth-order valence-corrected chi connectivity index (χ4v) is 3.51. The van der Waals surface area contributed by atoms with Gasteiger partial charge in [0.25, 0.3) is 0 Å². The fourth-order valence-electron chi connectivity index (χ4n) is 3.21. The van der Waals surface area contributed by atoms with Crippen molar-refractivity contribution in [1.29, 1.82) is 0 Å². The Kier molecular flexibility index (Phi) is 5.40. The molecule has 1 aliphatic heterocycles. The van der Waals surface area contributed by atoms with Crippen molar-refractivity contribution < 1.29 is 9.53 Å². The van der Waals surface area contributed by atoms with Crippen LogP contribution in [0.15, 0.2) is 55.0 Å². The Labute approximate surface area is 173 Å². The third-order valence-electron chi connectivity index (χ3n) is 4.68. The number of imidazole rings is 1. The smallest absolute Gasteiger partial charge is 0.249 e. The summed E-state index contributed by atoms with van der Waals surface area (Å²) in [6, 6.07) is 13.6. The first-order valence-corrected chi connectivity index (χ1v) is 9.77. The maximum Gasteiger partial charge on any atom is 0.249 e. The number of nitrogens with zero attached hydrogens (tertiary/aromatic N) is 2. The first kappa shape index (κ1) is 19.0. The Morgan fingerprint density at radius 1 is 1.18 bits per heavy atom. The number of aromatic nitrogens is 2.